The first kappa shape index (κ1) is 15.3. The number of benzene rings is 4. The zero-order valence-electron chi connectivity index (χ0n) is 14.7. The van der Waals surface area contributed by atoms with Crippen molar-refractivity contribution in [3.05, 3.63) is 97.1 Å². The molecule has 1 aliphatic rings. The van der Waals surface area contributed by atoms with Crippen LogP contribution >= 0.6 is 0 Å². The second kappa shape index (κ2) is 6.38. The second-order valence-corrected chi connectivity index (χ2v) is 6.98. The lowest BCUT2D eigenvalue weighted by atomic mass is 9.54. The van der Waals surface area contributed by atoms with Crippen molar-refractivity contribution in [2.45, 2.75) is 0 Å². The van der Waals surface area contributed by atoms with Crippen LogP contribution in [0.4, 0.5) is 0 Å². The van der Waals surface area contributed by atoms with E-state index in [9.17, 15) is 0 Å². The Labute approximate surface area is 156 Å². The van der Waals surface area contributed by atoms with E-state index in [-0.39, 0.29) is 0 Å². The second-order valence-electron chi connectivity index (χ2n) is 6.98. The van der Waals surface area contributed by atoms with Gasteiger partial charge in [0.15, 0.2) is 14.6 Å². The van der Waals surface area contributed by atoms with Gasteiger partial charge in [-0.05, 0) is 22.3 Å². The molecule has 0 spiro atoms. The summed E-state index contributed by atoms with van der Waals surface area (Å²) in [6.07, 6.45) is 0. The van der Waals surface area contributed by atoms with Crippen LogP contribution < -0.4 is 21.9 Å². The summed E-state index contributed by atoms with van der Waals surface area (Å²) in [4.78, 5) is 0. The Kier molecular flexibility index (Phi) is 3.75. The fourth-order valence-corrected chi connectivity index (χ4v) is 4.16. The van der Waals surface area contributed by atoms with E-state index in [2.05, 4.69) is 97.1 Å². The predicted molar refractivity (Wildman–Crippen MR) is 117 cm³/mol. The van der Waals surface area contributed by atoms with Crippen molar-refractivity contribution >= 4 is 36.4 Å². The van der Waals surface area contributed by atoms with E-state index in [1.807, 2.05) is 0 Å². The molecule has 4 aromatic rings. The highest BCUT2D eigenvalue weighted by atomic mass is 14.1. The van der Waals surface area contributed by atoms with Gasteiger partial charge in [0.2, 0.25) is 0 Å². The van der Waals surface area contributed by atoms with Gasteiger partial charge in [-0.3, -0.25) is 0 Å². The summed E-state index contributed by atoms with van der Waals surface area (Å²) in [5.41, 5.74) is 11.0. The van der Waals surface area contributed by atoms with E-state index in [1.165, 1.54) is 44.1 Å². The third-order valence-corrected chi connectivity index (χ3v) is 5.41. The van der Waals surface area contributed by atoms with Crippen LogP contribution in [0, 0.1) is 0 Å². The molecule has 1 aliphatic heterocycles. The molecule has 0 N–H and O–H groups in total. The zero-order valence-corrected chi connectivity index (χ0v) is 14.7. The average Bonchev–Trinajstić information content (AvgIpc) is 2.70. The molecule has 26 heavy (non-hydrogen) atoms. The van der Waals surface area contributed by atoms with Crippen molar-refractivity contribution < 1.29 is 0 Å². The Hall–Kier alpha value is -2.99. The van der Waals surface area contributed by atoms with E-state index < -0.39 is 0 Å². The molecule has 0 bridgehead atoms. The Morgan fingerprint density at radius 2 is 0.538 bits per heavy atom. The van der Waals surface area contributed by atoms with Crippen molar-refractivity contribution in [2.75, 3.05) is 0 Å². The molecule has 5 rings (SSSR count). The molecule has 0 atom stereocenters. The third-order valence-electron chi connectivity index (χ3n) is 5.41. The van der Waals surface area contributed by atoms with Crippen LogP contribution in [0.15, 0.2) is 97.1 Å². The lowest BCUT2D eigenvalue weighted by Crippen LogP contribution is -2.36. The van der Waals surface area contributed by atoms with E-state index in [0.717, 1.165) is 14.6 Å². The number of hydrogen-bond acceptors (Lipinski definition) is 0. The van der Waals surface area contributed by atoms with Crippen LogP contribution in [0.1, 0.15) is 0 Å². The highest BCUT2D eigenvalue weighted by Crippen LogP contribution is 2.19. The van der Waals surface area contributed by atoms with E-state index in [1.54, 1.807) is 0 Å². The zero-order chi connectivity index (χ0) is 17.3. The molecular formula is C24H18B2. The Bertz CT molecular complexity index is 922. The Morgan fingerprint density at radius 3 is 0.808 bits per heavy atom. The number of fused-ring (bicyclic) bond motifs is 6. The fourth-order valence-electron chi connectivity index (χ4n) is 4.16. The highest BCUT2D eigenvalue weighted by Gasteiger charge is 2.18. The molecule has 0 amide bonds. The standard InChI is InChI=1S/C24H18B2/c1-5-13-21-17(9-1)18-10-2-6-14-22(18)26-24-16-8-4-12-20(24)19-11-3-7-15-23(19)25-21/h1-16,25-26H. The monoisotopic (exact) mass is 328 g/mol. The first-order chi connectivity index (χ1) is 12.9. The Morgan fingerprint density at radius 1 is 0.308 bits per heavy atom. The normalized spacial score (nSPS) is 11.7. The maximum atomic E-state index is 2.27. The molecule has 0 saturated heterocycles. The van der Waals surface area contributed by atoms with Crippen molar-refractivity contribution in [2.24, 2.45) is 0 Å². The van der Waals surface area contributed by atoms with Crippen LogP contribution in [0.25, 0.3) is 22.3 Å². The molecule has 2 heteroatoms. The molecule has 0 nitrogen and oxygen atoms in total. The van der Waals surface area contributed by atoms with Gasteiger partial charge in [0.25, 0.3) is 0 Å². The van der Waals surface area contributed by atoms with Crippen LogP contribution in [-0.2, 0) is 0 Å². The topological polar surface area (TPSA) is 0 Å². The lowest BCUT2D eigenvalue weighted by molar-refractivity contribution is 1.65. The largest absolute Gasteiger partial charge is 0.193 e. The van der Waals surface area contributed by atoms with Crippen molar-refractivity contribution in [1.29, 1.82) is 0 Å². The van der Waals surface area contributed by atoms with Crippen LogP contribution in [0.3, 0.4) is 0 Å². The smallest absolute Gasteiger partial charge is 0.0709 e. The summed E-state index contributed by atoms with van der Waals surface area (Å²) in [6.45, 7) is 0. The van der Waals surface area contributed by atoms with Crippen LogP contribution in [0.2, 0.25) is 0 Å². The fraction of sp³-hybridized carbons (Fsp3) is 0. The summed E-state index contributed by atoms with van der Waals surface area (Å²) in [7, 11) is 1.91. The average molecular weight is 328 g/mol. The molecular weight excluding hydrogens is 310 g/mol. The van der Waals surface area contributed by atoms with Gasteiger partial charge >= 0.3 is 0 Å². The molecule has 120 valence electrons. The molecule has 4 aromatic carbocycles. The van der Waals surface area contributed by atoms with E-state index >= 15 is 0 Å². The van der Waals surface area contributed by atoms with Crippen LogP contribution in [-0.4, -0.2) is 14.6 Å². The predicted octanol–water partition coefficient (Wildman–Crippen LogP) is 2.11. The Balaban J connectivity index is 1.84. The van der Waals surface area contributed by atoms with Gasteiger partial charge in [0.05, 0.1) is 0 Å². The summed E-state index contributed by atoms with van der Waals surface area (Å²) in [6, 6.07) is 35.4. The van der Waals surface area contributed by atoms with Gasteiger partial charge in [-0.2, -0.15) is 0 Å². The third kappa shape index (κ3) is 2.59. The molecule has 0 radical (unpaired) electrons. The molecule has 0 fully saturated rings. The SMILES string of the molecule is B1c2ccccc2-c2ccccc2Bc2ccccc2-c2ccccc21. The molecule has 0 aliphatic carbocycles. The summed E-state index contributed by atoms with van der Waals surface area (Å²) in [5.74, 6) is 0. The van der Waals surface area contributed by atoms with Crippen molar-refractivity contribution in [3.63, 3.8) is 0 Å². The van der Waals surface area contributed by atoms with Gasteiger partial charge in [0.1, 0.15) is 0 Å². The van der Waals surface area contributed by atoms with Gasteiger partial charge < -0.3 is 0 Å². The maximum absolute atomic E-state index is 2.27. The summed E-state index contributed by atoms with van der Waals surface area (Å²) >= 11 is 0. The van der Waals surface area contributed by atoms with Crippen LogP contribution in [0.5, 0.6) is 0 Å². The number of hydrogen-bond donors (Lipinski definition) is 0. The number of rotatable bonds is 0. The van der Waals surface area contributed by atoms with Gasteiger partial charge in [-0.15, -0.1) is 0 Å². The minimum Gasteiger partial charge on any atom is -0.0709 e. The molecule has 1 heterocycles. The highest BCUT2D eigenvalue weighted by molar-refractivity contribution is 6.73. The maximum Gasteiger partial charge on any atom is 0.193 e. The van der Waals surface area contributed by atoms with Crippen molar-refractivity contribution in [3.8, 4) is 22.3 Å². The van der Waals surface area contributed by atoms with Gasteiger partial charge in [0, 0.05) is 0 Å². The molecule has 0 aromatic heterocycles. The van der Waals surface area contributed by atoms with E-state index in [4.69, 9.17) is 0 Å². The summed E-state index contributed by atoms with van der Waals surface area (Å²) < 4.78 is 0. The lowest BCUT2D eigenvalue weighted by Gasteiger charge is -2.19. The van der Waals surface area contributed by atoms with Crippen molar-refractivity contribution in [1.82, 2.24) is 0 Å². The first-order valence-corrected chi connectivity index (χ1v) is 9.22. The van der Waals surface area contributed by atoms with E-state index in [0.29, 0.717) is 0 Å². The summed E-state index contributed by atoms with van der Waals surface area (Å²) in [5, 5.41) is 0. The molecule has 0 saturated carbocycles. The quantitative estimate of drug-likeness (QED) is 0.382. The minimum absolute atomic E-state index is 0.953. The van der Waals surface area contributed by atoms with Gasteiger partial charge in [-0.25, -0.2) is 0 Å². The molecule has 0 unspecified atom stereocenters. The van der Waals surface area contributed by atoms with Gasteiger partial charge in [-0.1, -0.05) is 119 Å². The first-order valence-electron chi connectivity index (χ1n) is 9.22. The minimum atomic E-state index is 0.953.